The Morgan fingerprint density at radius 1 is 1.13 bits per heavy atom. The first-order valence-corrected chi connectivity index (χ1v) is 10.1. The fourth-order valence-electron chi connectivity index (χ4n) is 2.66. The molecule has 11 heteroatoms. The Kier molecular flexibility index (Phi) is 5.92. The van der Waals surface area contributed by atoms with E-state index in [1.807, 2.05) is 6.07 Å². The number of carbonyl (C=O) groups excluding carboxylic acids is 1. The van der Waals surface area contributed by atoms with Crippen molar-refractivity contribution in [3.8, 4) is 17.1 Å². The Morgan fingerprint density at radius 3 is 2.71 bits per heavy atom. The SMILES string of the molecule is O=C(Nc1nnc(COc2ccccc2[N+](=O)[O-])s1)c1ccc(-c2ccccc2Cl)o1. The molecule has 31 heavy (non-hydrogen) atoms. The molecule has 156 valence electrons. The molecule has 0 saturated heterocycles. The van der Waals surface area contributed by atoms with Crippen LogP contribution < -0.4 is 10.1 Å². The van der Waals surface area contributed by atoms with Crippen LogP contribution in [-0.4, -0.2) is 21.0 Å². The molecule has 9 nitrogen and oxygen atoms in total. The van der Waals surface area contributed by atoms with Crippen molar-refractivity contribution in [3.63, 3.8) is 0 Å². The summed E-state index contributed by atoms with van der Waals surface area (Å²) < 4.78 is 11.1. The summed E-state index contributed by atoms with van der Waals surface area (Å²) in [6.07, 6.45) is 0. The van der Waals surface area contributed by atoms with Gasteiger partial charge in [-0.2, -0.15) is 0 Å². The molecule has 0 aliphatic rings. The Labute approximate surface area is 184 Å². The number of carbonyl (C=O) groups is 1. The quantitative estimate of drug-likeness (QED) is 0.300. The van der Waals surface area contributed by atoms with E-state index >= 15 is 0 Å². The Morgan fingerprint density at radius 2 is 1.90 bits per heavy atom. The van der Waals surface area contributed by atoms with Crippen LogP contribution in [0.25, 0.3) is 11.3 Å². The molecule has 0 spiro atoms. The summed E-state index contributed by atoms with van der Waals surface area (Å²) in [5.41, 5.74) is 0.529. The number of aromatic nitrogens is 2. The van der Waals surface area contributed by atoms with Gasteiger partial charge in [0.15, 0.2) is 16.5 Å². The Bertz CT molecular complexity index is 1260. The number of para-hydroxylation sites is 2. The van der Waals surface area contributed by atoms with Gasteiger partial charge >= 0.3 is 5.69 Å². The van der Waals surface area contributed by atoms with Crippen LogP contribution in [0.2, 0.25) is 5.02 Å². The van der Waals surface area contributed by atoms with Gasteiger partial charge in [-0.1, -0.05) is 47.2 Å². The molecule has 2 aromatic carbocycles. The summed E-state index contributed by atoms with van der Waals surface area (Å²) in [5, 5.41) is 22.6. The van der Waals surface area contributed by atoms with E-state index in [-0.39, 0.29) is 28.9 Å². The molecule has 0 bridgehead atoms. The molecule has 4 aromatic rings. The lowest BCUT2D eigenvalue weighted by Gasteiger charge is -2.03. The highest BCUT2D eigenvalue weighted by atomic mass is 35.5. The molecule has 0 atom stereocenters. The normalized spacial score (nSPS) is 10.6. The van der Waals surface area contributed by atoms with Crippen molar-refractivity contribution in [2.24, 2.45) is 0 Å². The van der Waals surface area contributed by atoms with Gasteiger partial charge in [0, 0.05) is 11.6 Å². The number of ether oxygens (including phenoxy) is 1. The maximum Gasteiger partial charge on any atom is 0.310 e. The predicted molar refractivity (Wildman–Crippen MR) is 114 cm³/mol. The highest BCUT2D eigenvalue weighted by Crippen LogP contribution is 2.30. The number of hydrogen-bond acceptors (Lipinski definition) is 8. The molecule has 1 N–H and O–H groups in total. The third-order valence-electron chi connectivity index (χ3n) is 4.07. The number of anilines is 1. The smallest absolute Gasteiger partial charge is 0.310 e. The molecule has 0 fully saturated rings. The van der Waals surface area contributed by atoms with Crippen LogP contribution in [0.15, 0.2) is 65.1 Å². The number of rotatable bonds is 7. The van der Waals surface area contributed by atoms with E-state index < -0.39 is 10.8 Å². The van der Waals surface area contributed by atoms with E-state index in [2.05, 4.69) is 15.5 Å². The van der Waals surface area contributed by atoms with Gasteiger partial charge in [-0.05, 0) is 30.3 Å². The van der Waals surface area contributed by atoms with Crippen molar-refractivity contribution in [2.45, 2.75) is 6.61 Å². The van der Waals surface area contributed by atoms with E-state index in [9.17, 15) is 14.9 Å². The maximum atomic E-state index is 12.4. The number of hydrogen-bond donors (Lipinski definition) is 1. The summed E-state index contributed by atoms with van der Waals surface area (Å²) >= 11 is 7.24. The van der Waals surface area contributed by atoms with Gasteiger partial charge in [0.25, 0.3) is 5.91 Å². The summed E-state index contributed by atoms with van der Waals surface area (Å²) in [7, 11) is 0. The van der Waals surface area contributed by atoms with Gasteiger partial charge < -0.3 is 9.15 Å². The summed E-state index contributed by atoms with van der Waals surface area (Å²) in [6.45, 7) is -0.0319. The lowest BCUT2D eigenvalue weighted by molar-refractivity contribution is -0.385. The van der Waals surface area contributed by atoms with Crippen LogP contribution in [0.4, 0.5) is 10.8 Å². The lowest BCUT2D eigenvalue weighted by atomic mass is 10.2. The van der Waals surface area contributed by atoms with E-state index in [1.165, 1.54) is 18.2 Å². The van der Waals surface area contributed by atoms with Crippen LogP contribution >= 0.6 is 22.9 Å². The summed E-state index contributed by atoms with van der Waals surface area (Å²) in [5.74, 6) is 0.172. The first-order chi connectivity index (χ1) is 15.0. The van der Waals surface area contributed by atoms with Crippen molar-refractivity contribution in [1.82, 2.24) is 10.2 Å². The minimum atomic E-state index is -0.526. The molecule has 0 saturated carbocycles. The van der Waals surface area contributed by atoms with Crippen LogP contribution in [-0.2, 0) is 6.61 Å². The van der Waals surface area contributed by atoms with E-state index in [0.717, 1.165) is 11.3 Å². The number of amides is 1. The second kappa shape index (κ2) is 8.94. The van der Waals surface area contributed by atoms with Gasteiger partial charge in [0.2, 0.25) is 5.13 Å². The molecule has 1 amide bonds. The second-order valence-electron chi connectivity index (χ2n) is 6.11. The zero-order chi connectivity index (χ0) is 21.8. The van der Waals surface area contributed by atoms with Crippen molar-refractivity contribution in [2.75, 3.05) is 5.32 Å². The fraction of sp³-hybridized carbons (Fsp3) is 0.0500. The third-order valence-corrected chi connectivity index (χ3v) is 5.21. The Balaban J connectivity index is 1.40. The molecule has 4 rings (SSSR count). The van der Waals surface area contributed by atoms with E-state index in [4.69, 9.17) is 20.8 Å². The van der Waals surface area contributed by atoms with Crippen LogP contribution in [0.1, 0.15) is 15.6 Å². The van der Waals surface area contributed by atoms with Gasteiger partial charge in [0.1, 0.15) is 12.4 Å². The molecule has 0 aliphatic heterocycles. The largest absolute Gasteiger partial charge is 0.479 e. The minimum absolute atomic E-state index is 0.0319. The van der Waals surface area contributed by atoms with E-state index in [1.54, 1.807) is 36.4 Å². The van der Waals surface area contributed by atoms with Crippen molar-refractivity contribution < 1.29 is 18.9 Å². The molecule has 2 aromatic heterocycles. The van der Waals surface area contributed by atoms with Crippen LogP contribution in [0, 0.1) is 10.1 Å². The molecule has 2 heterocycles. The topological polar surface area (TPSA) is 120 Å². The van der Waals surface area contributed by atoms with E-state index in [0.29, 0.717) is 21.4 Å². The van der Waals surface area contributed by atoms with Crippen LogP contribution in [0.5, 0.6) is 5.75 Å². The average molecular weight is 457 g/mol. The number of nitro groups is 1. The van der Waals surface area contributed by atoms with Crippen molar-refractivity contribution >= 4 is 39.7 Å². The monoisotopic (exact) mass is 456 g/mol. The molecular formula is C20H13ClN4O5S. The fourth-order valence-corrected chi connectivity index (χ4v) is 3.53. The summed E-state index contributed by atoms with van der Waals surface area (Å²) in [4.78, 5) is 23.0. The highest BCUT2D eigenvalue weighted by Gasteiger charge is 2.17. The summed E-state index contributed by atoms with van der Waals surface area (Å²) in [6, 6.07) is 16.4. The first kappa shape index (κ1) is 20.5. The van der Waals surface area contributed by atoms with Crippen molar-refractivity contribution in [3.05, 3.63) is 86.6 Å². The first-order valence-electron chi connectivity index (χ1n) is 8.86. The van der Waals surface area contributed by atoms with Gasteiger partial charge in [0.05, 0.1) is 9.95 Å². The van der Waals surface area contributed by atoms with Crippen LogP contribution in [0.3, 0.4) is 0 Å². The predicted octanol–water partition coefficient (Wildman–Crippen LogP) is 5.19. The van der Waals surface area contributed by atoms with Gasteiger partial charge in [-0.3, -0.25) is 20.2 Å². The number of furan rings is 1. The second-order valence-corrected chi connectivity index (χ2v) is 7.58. The molecule has 0 aliphatic carbocycles. The highest BCUT2D eigenvalue weighted by molar-refractivity contribution is 7.15. The number of halogens is 1. The van der Waals surface area contributed by atoms with Gasteiger partial charge in [-0.15, -0.1) is 10.2 Å². The third kappa shape index (κ3) is 4.71. The standard InChI is InChI=1S/C20H13ClN4O5S/c21-13-6-2-1-5-12(13)15-9-10-17(30-15)19(26)22-20-24-23-18(31-20)11-29-16-8-4-3-7-14(16)25(27)28/h1-10H,11H2,(H,22,24,26). The Hall–Kier alpha value is -3.76. The zero-order valence-corrected chi connectivity index (χ0v) is 17.2. The molecular weight excluding hydrogens is 444 g/mol. The number of benzene rings is 2. The minimum Gasteiger partial charge on any atom is -0.479 e. The average Bonchev–Trinajstić information content (AvgIpc) is 3.42. The lowest BCUT2D eigenvalue weighted by Crippen LogP contribution is -2.10. The number of nitrogens with one attached hydrogen (secondary N) is 1. The number of nitro benzene ring substituents is 1. The van der Waals surface area contributed by atoms with Gasteiger partial charge in [-0.25, -0.2) is 0 Å². The number of nitrogens with zero attached hydrogens (tertiary/aromatic N) is 3. The maximum absolute atomic E-state index is 12.4. The molecule has 0 unspecified atom stereocenters. The van der Waals surface area contributed by atoms with Crippen molar-refractivity contribution in [1.29, 1.82) is 0 Å². The molecule has 0 radical (unpaired) electrons. The zero-order valence-electron chi connectivity index (χ0n) is 15.6.